The van der Waals surface area contributed by atoms with Gasteiger partial charge in [-0.2, -0.15) is 0 Å². The van der Waals surface area contributed by atoms with Crippen LogP contribution in [0.3, 0.4) is 0 Å². The molecule has 0 atom stereocenters. The van der Waals surface area contributed by atoms with Gasteiger partial charge in [0.15, 0.2) is 0 Å². The number of hydrogen-bond acceptors (Lipinski definition) is 3. The molecule has 0 fully saturated rings. The average molecular weight is 297 g/mol. The molecule has 1 aliphatic carbocycles. The van der Waals surface area contributed by atoms with Gasteiger partial charge in [0.05, 0.1) is 5.75 Å². The van der Waals surface area contributed by atoms with Gasteiger partial charge in [-0.25, -0.2) is 0 Å². The highest BCUT2D eigenvalue weighted by Gasteiger charge is 2.16. The van der Waals surface area contributed by atoms with Crippen molar-refractivity contribution in [3.8, 4) is 0 Å². The molecule has 0 aliphatic heterocycles. The summed E-state index contributed by atoms with van der Waals surface area (Å²) < 4.78 is 0. The number of nitrogens with two attached hydrogens (primary N) is 1. The first-order valence-corrected chi connectivity index (χ1v) is 7.57. The van der Waals surface area contributed by atoms with E-state index in [9.17, 15) is 4.79 Å². The molecule has 0 saturated heterocycles. The van der Waals surface area contributed by atoms with E-state index in [1.165, 1.54) is 11.8 Å². The van der Waals surface area contributed by atoms with E-state index in [4.69, 9.17) is 17.3 Å². The van der Waals surface area contributed by atoms with Crippen LogP contribution in [0, 0.1) is 0 Å². The molecule has 0 aromatic heterocycles. The quantitative estimate of drug-likeness (QED) is 0.683. The van der Waals surface area contributed by atoms with Gasteiger partial charge in [-0.15, -0.1) is 11.8 Å². The number of hydrogen-bond donors (Lipinski definition) is 1. The molecule has 2 rings (SSSR count). The van der Waals surface area contributed by atoms with Gasteiger partial charge >= 0.3 is 0 Å². The van der Waals surface area contributed by atoms with Gasteiger partial charge < -0.3 is 10.6 Å². The van der Waals surface area contributed by atoms with Crippen molar-refractivity contribution < 1.29 is 4.79 Å². The smallest absolute Gasteiger partial charge is 0.236 e. The molecule has 2 N–H and O–H groups in total. The number of allylic oxidation sites excluding steroid dienone is 2. The maximum absolute atomic E-state index is 12.1. The van der Waals surface area contributed by atoms with Crippen LogP contribution in [0.5, 0.6) is 0 Å². The number of rotatable bonds is 4. The first kappa shape index (κ1) is 14.3. The lowest BCUT2D eigenvalue weighted by atomic mass is 10.3. The summed E-state index contributed by atoms with van der Waals surface area (Å²) in [6.45, 7) is 0. The minimum absolute atomic E-state index is 0.104. The zero-order valence-corrected chi connectivity index (χ0v) is 12.4. The van der Waals surface area contributed by atoms with Crippen molar-refractivity contribution in [2.75, 3.05) is 18.5 Å². The number of carbonyl (C=O) groups is 1. The predicted molar refractivity (Wildman–Crippen MR) is 81.3 cm³/mol. The van der Waals surface area contributed by atoms with Gasteiger partial charge in [0.1, 0.15) is 0 Å². The van der Waals surface area contributed by atoms with E-state index in [0.29, 0.717) is 16.5 Å². The van der Waals surface area contributed by atoms with Crippen molar-refractivity contribution in [3.63, 3.8) is 0 Å². The number of amides is 1. The zero-order chi connectivity index (χ0) is 13.8. The Labute approximate surface area is 122 Å². The Morgan fingerprint density at radius 3 is 2.95 bits per heavy atom. The lowest BCUT2D eigenvalue weighted by Gasteiger charge is -2.18. The lowest BCUT2D eigenvalue weighted by Crippen LogP contribution is -2.27. The molecule has 5 heteroatoms. The number of benzene rings is 1. The first-order chi connectivity index (χ1) is 9.08. The Bertz CT molecular complexity index is 516. The van der Waals surface area contributed by atoms with Gasteiger partial charge in [0.2, 0.25) is 5.91 Å². The standard InChI is InChI=1S/C14H17ClN2OS/c1-17(11-4-2-3-5-11)14(18)9-19-13-7-6-10(15)8-12(13)16/h4,6-8H,2-3,5,9,16H2,1H3. The monoisotopic (exact) mass is 296 g/mol. The number of nitrogens with zero attached hydrogens (tertiary/aromatic N) is 1. The molecule has 0 unspecified atom stereocenters. The molecule has 19 heavy (non-hydrogen) atoms. The highest BCUT2D eigenvalue weighted by Crippen LogP contribution is 2.28. The van der Waals surface area contributed by atoms with E-state index in [2.05, 4.69) is 6.08 Å². The molecule has 1 aromatic carbocycles. The topological polar surface area (TPSA) is 46.3 Å². The van der Waals surface area contributed by atoms with E-state index in [0.717, 1.165) is 29.9 Å². The minimum Gasteiger partial charge on any atom is -0.398 e. The summed E-state index contributed by atoms with van der Waals surface area (Å²) in [5.41, 5.74) is 7.62. The minimum atomic E-state index is 0.104. The molecule has 1 amide bonds. The summed E-state index contributed by atoms with van der Waals surface area (Å²) in [5, 5.41) is 0.612. The normalized spacial score (nSPS) is 14.3. The maximum atomic E-state index is 12.1. The fourth-order valence-electron chi connectivity index (χ4n) is 2.01. The number of anilines is 1. The molecule has 0 spiro atoms. The highest BCUT2D eigenvalue weighted by molar-refractivity contribution is 8.00. The average Bonchev–Trinajstić information content (AvgIpc) is 2.90. The molecular formula is C14H17ClN2OS. The van der Waals surface area contributed by atoms with Crippen molar-refractivity contribution in [1.29, 1.82) is 0 Å². The van der Waals surface area contributed by atoms with Gasteiger partial charge in [-0.05, 0) is 37.5 Å². The third-order valence-electron chi connectivity index (χ3n) is 3.14. The van der Waals surface area contributed by atoms with Crippen molar-refractivity contribution in [2.45, 2.75) is 24.2 Å². The molecule has 1 aliphatic rings. The summed E-state index contributed by atoms with van der Waals surface area (Å²) in [5.74, 6) is 0.493. The molecule has 3 nitrogen and oxygen atoms in total. The van der Waals surface area contributed by atoms with E-state index >= 15 is 0 Å². The second kappa shape index (κ2) is 6.35. The zero-order valence-electron chi connectivity index (χ0n) is 10.9. The number of carbonyl (C=O) groups excluding carboxylic acids is 1. The molecule has 0 saturated carbocycles. The Morgan fingerprint density at radius 2 is 2.32 bits per heavy atom. The fourth-order valence-corrected chi connectivity index (χ4v) is 3.05. The number of thioether (sulfide) groups is 1. The second-order valence-corrected chi connectivity index (χ2v) is 5.96. The summed E-state index contributed by atoms with van der Waals surface area (Å²) in [4.78, 5) is 14.7. The lowest BCUT2D eigenvalue weighted by molar-refractivity contribution is -0.125. The Hall–Kier alpha value is -1.13. The van der Waals surface area contributed by atoms with Crippen molar-refractivity contribution in [1.82, 2.24) is 4.90 Å². The number of nitrogen functional groups attached to an aromatic ring is 1. The molecule has 0 radical (unpaired) electrons. The molecule has 1 aromatic rings. The van der Waals surface area contributed by atoms with Crippen molar-refractivity contribution in [3.05, 3.63) is 35.0 Å². The van der Waals surface area contributed by atoms with E-state index in [1.54, 1.807) is 17.0 Å². The first-order valence-electron chi connectivity index (χ1n) is 6.21. The number of halogens is 1. The Kier molecular flexibility index (Phi) is 4.77. The highest BCUT2D eigenvalue weighted by atomic mass is 35.5. The van der Waals surface area contributed by atoms with Crippen molar-refractivity contribution >= 4 is 35.0 Å². The van der Waals surface area contributed by atoms with Gasteiger partial charge in [0.25, 0.3) is 0 Å². The molecule has 0 bridgehead atoms. The fraction of sp³-hybridized carbons (Fsp3) is 0.357. The predicted octanol–water partition coefficient (Wildman–Crippen LogP) is 3.54. The summed E-state index contributed by atoms with van der Waals surface area (Å²) >= 11 is 7.29. The van der Waals surface area contributed by atoms with Crippen LogP contribution in [0.25, 0.3) is 0 Å². The van der Waals surface area contributed by atoms with Gasteiger partial charge in [-0.3, -0.25) is 4.79 Å². The van der Waals surface area contributed by atoms with Crippen LogP contribution in [0.15, 0.2) is 34.9 Å². The van der Waals surface area contributed by atoms with Crippen LogP contribution in [0.1, 0.15) is 19.3 Å². The Morgan fingerprint density at radius 1 is 1.53 bits per heavy atom. The molecular weight excluding hydrogens is 280 g/mol. The summed E-state index contributed by atoms with van der Waals surface area (Å²) in [6, 6.07) is 5.34. The summed E-state index contributed by atoms with van der Waals surface area (Å²) in [7, 11) is 1.84. The molecule has 102 valence electrons. The second-order valence-electron chi connectivity index (χ2n) is 4.51. The third kappa shape index (κ3) is 3.67. The Balaban J connectivity index is 1.92. The van der Waals surface area contributed by atoms with Crippen LogP contribution in [0.2, 0.25) is 5.02 Å². The van der Waals surface area contributed by atoms with Crippen LogP contribution in [-0.2, 0) is 4.79 Å². The maximum Gasteiger partial charge on any atom is 0.236 e. The van der Waals surface area contributed by atoms with Crippen LogP contribution in [-0.4, -0.2) is 23.6 Å². The third-order valence-corrected chi connectivity index (χ3v) is 4.45. The van der Waals surface area contributed by atoms with E-state index in [-0.39, 0.29) is 5.91 Å². The van der Waals surface area contributed by atoms with E-state index in [1.807, 2.05) is 13.1 Å². The van der Waals surface area contributed by atoms with Crippen molar-refractivity contribution in [2.24, 2.45) is 0 Å². The molecule has 0 heterocycles. The SMILES string of the molecule is CN(C(=O)CSc1ccc(Cl)cc1N)C1=CCCC1. The van der Waals surface area contributed by atoms with Crippen LogP contribution >= 0.6 is 23.4 Å². The summed E-state index contributed by atoms with van der Waals surface area (Å²) in [6.07, 6.45) is 5.35. The van der Waals surface area contributed by atoms with Crippen LogP contribution < -0.4 is 5.73 Å². The van der Waals surface area contributed by atoms with Gasteiger partial charge in [-0.1, -0.05) is 17.7 Å². The van der Waals surface area contributed by atoms with E-state index < -0.39 is 0 Å². The van der Waals surface area contributed by atoms with Gasteiger partial charge in [0, 0.05) is 28.4 Å². The largest absolute Gasteiger partial charge is 0.398 e. The van der Waals surface area contributed by atoms with Crippen LogP contribution in [0.4, 0.5) is 5.69 Å².